The van der Waals surface area contributed by atoms with Gasteiger partial charge in [0.05, 0.1) is 5.75 Å². The fourth-order valence-corrected chi connectivity index (χ4v) is 3.02. The molecule has 1 amide bonds. The first-order chi connectivity index (χ1) is 12.0. The Labute approximate surface area is 153 Å². The Hall–Kier alpha value is -2.27. The second kappa shape index (κ2) is 9.28. The average molecular weight is 357 g/mol. The quantitative estimate of drug-likeness (QED) is 0.595. The Morgan fingerprint density at radius 1 is 1.12 bits per heavy atom. The molecule has 0 saturated carbocycles. The predicted molar refractivity (Wildman–Crippen MR) is 102 cm³/mol. The molecule has 0 aliphatic heterocycles. The lowest BCUT2D eigenvalue weighted by Crippen LogP contribution is -2.30. The van der Waals surface area contributed by atoms with Crippen LogP contribution < -0.4 is 5.32 Å². The molecule has 2 aromatic carbocycles. The fraction of sp³-hybridized carbons (Fsp3) is 0.300. The van der Waals surface area contributed by atoms with Crippen LogP contribution in [0.3, 0.4) is 0 Å². The predicted octanol–water partition coefficient (Wildman–Crippen LogP) is 4.22. The molecule has 0 heterocycles. The third-order valence-electron chi connectivity index (χ3n) is 3.75. The van der Waals surface area contributed by atoms with Crippen molar-refractivity contribution < 1.29 is 14.3 Å². The van der Waals surface area contributed by atoms with Crippen molar-refractivity contribution in [3.8, 4) is 0 Å². The van der Waals surface area contributed by atoms with Gasteiger partial charge in [0.25, 0.3) is 5.91 Å². The summed E-state index contributed by atoms with van der Waals surface area (Å²) < 4.78 is 5.22. The first-order valence-corrected chi connectivity index (χ1v) is 9.26. The molecule has 0 spiro atoms. The van der Waals surface area contributed by atoms with Crippen LogP contribution in [0.5, 0.6) is 0 Å². The van der Waals surface area contributed by atoms with Crippen LogP contribution in [-0.2, 0) is 20.7 Å². The van der Waals surface area contributed by atoms with E-state index in [2.05, 4.69) is 12.2 Å². The van der Waals surface area contributed by atoms with Crippen molar-refractivity contribution in [2.45, 2.75) is 38.2 Å². The van der Waals surface area contributed by atoms with Gasteiger partial charge in [0, 0.05) is 10.6 Å². The van der Waals surface area contributed by atoms with Crippen molar-refractivity contribution in [2.75, 3.05) is 11.1 Å². The number of carbonyl (C=O) groups excluding carboxylic acids is 2. The largest absolute Gasteiger partial charge is 0.452 e. The van der Waals surface area contributed by atoms with E-state index >= 15 is 0 Å². The van der Waals surface area contributed by atoms with Crippen LogP contribution >= 0.6 is 11.8 Å². The topological polar surface area (TPSA) is 55.4 Å². The van der Waals surface area contributed by atoms with Crippen molar-refractivity contribution in [1.82, 2.24) is 0 Å². The molecule has 0 aliphatic rings. The Balaban J connectivity index is 1.81. The Kier molecular flexibility index (Phi) is 7.07. The van der Waals surface area contributed by atoms with E-state index in [-0.39, 0.29) is 11.7 Å². The summed E-state index contributed by atoms with van der Waals surface area (Å²) in [4.78, 5) is 25.1. The zero-order valence-corrected chi connectivity index (χ0v) is 15.6. The monoisotopic (exact) mass is 357 g/mol. The summed E-state index contributed by atoms with van der Waals surface area (Å²) in [5.41, 5.74) is 3.01. The van der Waals surface area contributed by atoms with Crippen LogP contribution in [0.25, 0.3) is 0 Å². The van der Waals surface area contributed by atoms with Crippen molar-refractivity contribution in [1.29, 1.82) is 0 Å². The second-order valence-corrected chi connectivity index (χ2v) is 6.74. The molecule has 0 fully saturated rings. The van der Waals surface area contributed by atoms with Gasteiger partial charge in [-0.05, 0) is 49.6 Å². The zero-order chi connectivity index (χ0) is 18.2. The molecule has 0 unspecified atom stereocenters. The summed E-state index contributed by atoms with van der Waals surface area (Å²) in [5, 5.41) is 2.76. The molecular weight excluding hydrogens is 334 g/mol. The van der Waals surface area contributed by atoms with Gasteiger partial charge in [-0.1, -0.05) is 37.3 Å². The van der Waals surface area contributed by atoms with Gasteiger partial charge in [-0.25, -0.2) is 0 Å². The number of ether oxygens (including phenoxy) is 1. The zero-order valence-electron chi connectivity index (χ0n) is 14.7. The number of rotatable bonds is 7. The van der Waals surface area contributed by atoms with E-state index in [1.165, 1.54) is 17.3 Å². The summed E-state index contributed by atoms with van der Waals surface area (Å²) >= 11 is 1.41. The summed E-state index contributed by atoms with van der Waals surface area (Å²) in [5.74, 6) is -0.566. The molecule has 0 bridgehead atoms. The van der Waals surface area contributed by atoms with E-state index in [9.17, 15) is 9.59 Å². The molecule has 0 saturated heterocycles. The molecule has 1 atom stereocenters. The maximum absolute atomic E-state index is 12.1. The van der Waals surface area contributed by atoms with Crippen molar-refractivity contribution >= 4 is 29.3 Å². The Morgan fingerprint density at radius 2 is 1.80 bits per heavy atom. The van der Waals surface area contributed by atoms with E-state index in [0.717, 1.165) is 16.9 Å². The molecule has 1 N–H and O–H groups in total. The van der Waals surface area contributed by atoms with Gasteiger partial charge >= 0.3 is 5.97 Å². The number of carbonyl (C=O) groups is 2. The number of anilines is 1. The van der Waals surface area contributed by atoms with Crippen LogP contribution in [0.15, 0.2) is 53.4 Å². The van der Waals surface area contributed by atoms with Crippen LogP contribution in [0.4, 0.5) is 5.69 Å². The summed E-state index contributed by atoms with van der Waals surface area (Å²) in [6.45, 7) is 5.64. The van der Waals surface area contributed by atoms with Gasteiger partial charge in [-0.3, -0.25) is 9.59 Å². The van der Waals surface area contributed by atoms with E-state index in [0.29, 0.717) is 5.69 Å². The van der Waals surface area contributed by atoms with Gasteiger partial charge in [0.1, 0.15) is 0 Å². The number of hydrogen-bond donors (Lipinski definition) is 1. The van der Waals surface area contributed by atoms with Gasteiger partial charge < -0.3 is 10.1 Å². The van der Waals surface area contributed by atoms with Crippen LogP contribution in [0, 0.1) is 6.92 Å². The van der Waals surface area contributed by atoms with Gasteiger partial charge in [-0.15, -0.1) is 11.8 Å². The SMILES string of the molecule is CCc1ccc(NC(=O)[C@@H](C)OC(=O)CSc2ccccc2C)cc1. The average Bonchev–Trinajstić information content (AvgIpc) is 2.61. The first kappa shape index (κ1) is 19.1. The van der Waals surface area contributed by atoms with Crippen molar-refractivity contribution in [3.63, 3.8) is 0 Å². The van der Waals surface area contributed by atoms with Gasteiger partial charge in [0.15, 0.2) is 6.10 Å². The van der Waals surface area contributed by atoms with Crippen LogP contribution in [0.1, 0.15) is 25.0 Å². The minimum absolute atomic E-state index is 0.174. The highest BCUT2D eigenvalue weighted by atomic mass is 32.2. The number of thioether (sulfide) groups is 1. The number of benzene rings is 2. The van der Waals surface area contributed by atoms with Crippen molar-refractivity contribution in [2.24, 2.45) is 0 Å². The standard InChI is InChI=1S/C20H23NO3S/c1-4-16-9-11-17(12-10-16)21-20(23)15(3)24-19(22)13-25-18-8-6-5-7-14(18)2/h5-12,15H,4,13H2,1-3H3,(H,21,23)/t15-/m1/s1. The van der Waals surface area contributed by atoms with Gasteiger partial charge in [-0.2, -0.15) is 0 Å². The molecule has 0 aliphatic carbocycles. The minimum Gasteiger partial charge on any atom is -0.452 e. The summed E-state index contributed by atoms with van der Waals surface area (Å²) in [6, 6.07) is 15.5. The number of esters is 1. The molecule has 0 radical (unpaired) electrons. The van der Waals surface area contributed by atoms with E-state index < -0.39 is 12.1 Å². The summed E-state index contributed by atoms with van der Waals surface area (Å²) in [7, 11) is 0. The molecule has 25 heavy (non-hydrogen) atoms. The van der Waals surface area contributed by atoms with Crippen molar-refractivity contribution in [3.05, 3.63) is 59.7 Å². The van der Waals surface area contributed by atoms with Crippen LogP contribution in [0.2, 0.25) is 0 Å². The molecule has 5 heteroatoms. The molecule has 4 nitrogen and oxygen atoms in total. The second-order valence-electron chi connectivity index (χ2n) is 5.73. The third kappa shape index (κ3) is 5.94. The van der Waals surface area contributed by atoms with Gasteiger partial charge in [0.2, 0.25) is 0 Å². The fourth-order valence-electron chi connectivity index (χ4n) is 2.21. The Morgan fingerprint density at radius 3 is 2.44 bits per heavy atom. The van der Waals surface area contributed by atoms with E-state index in [1.54, 1.807) is 6.92 Å². The highest BCUT2D eigenvalue weighted by Gasteiger charge is 2.18. The molecule has 132 valence electrons. The highest BCUT2D eigenvalue weighted by molar-refractivity contribution is 8.00. The number of aryl methyl sites for hydroxylation is 2. The lowest BCUT2D eigenvalue weighted by molar-refractivity contribution is -0.150. The molecular formula is C20H23NO3S. The lowest BCUT2D eigenvalue weighted by atomic mass is 10.1. The Bertz CT molecular complexity index is 728. The normalized spacial score (nSPS) is 11.6. The van der Waals surface area contributed by atoms with E-state index in [4.69, 9.17) is 4.74 Å². The maximum atomic E-state index is 12.1. The number of nitrogens with one attached hydrogen (secondary N) is 1. The third-order valence-corrected chi connectivity index (χ3v) is 4.90. The first-order valence-electron chi connectivity index (χ1n) is 8.27. The molecule has 0 aromatic heterocycles. The molecule has 2 rings (SSSR count). The highest BCUT2D eigenvalue weighted by Crippen LogP contribution is 2.22. The lowest BCUT2D eigenvalue weighted by Gasteiger charge is -2.14. The molecule has 2 aromatic rings. The van der Waals surface area contributed by atoms with Crippen LogP contribution in [-0.4, -0.2) is 23.7 Å². The van der Waals surface area contributed by atoms with E-state index in [1.807, 2.05) is 55.5 Å². The summed E-state index contributed by atoms with van der Waals surface area (Å²) in [6.07, 6.45) is 0.108. The number of hydrogen-bond acceptors (Lipinski definition) is 4. The minimum atomic E-state index is -0.837. The smallest absolute Gasteiger partial charge is 0.317 e. The number of amides is 1. The maximum Gasteiger partial charge on any atom is 0.317 e.